The van der Waals surface area contributed by atoms with Gasteiger partial charge >= 0.3 is 0 Å². The Morgan fingerprint density at radius 2 is 1.18 bits per heavy atom. The Kier molecular flexibility index (Phi) is 7.78. The molecule has 0 spiro atoms. The van der Waals surface area contributed by atoms with E-state index in [0.29, 0.717) is 5.69 Å². The van der Waals surface area contributed by atoms with Crippen LogP contribution in [0.25, 0.3) is 10.8 Å². The fraction of sp³-hybridized carbons (Fsp3) is 0.205. The molecule has 0 saturated carbocycles. The highest BCUT2D eigenvalue weighted by Crippen LogP contribution is 2.42. The molecule has 0 fully saturated rings. The van der Waals surface area contributed by atoms with Crippen molar-refractivity contribution in [3.8, 4) is 5.75 Å². The van der Waals surface area contributed by atoms with Crippen LogP contribution in [0, 0.1) is 0 Å². The standard InChI is InChI=1S/C39H40N2O2Si/c1-38(2,3)44(4,5)43-35-24-23-29-25-31(22-21-30(29)26-35)37(42)36-27-41(28-40-36)39(32-15-9-6-10-16-32,33-17-11-7-12-18-33)34-19-13-8-14-20-34/h6-28,37,42H,1-5H3. The van der Waals surface area contributed by atoms with Gasteiger partial charge in [-0.25, -0.2) is 4.98 Å². The van der Waals surface area contributed by atoms with Crippen LogP contribution in [0.4, 0.5) is 0 Å². The molecular formula is C39H40N2O2Si. The van der Waals surface area contributed by atoms with Crippen LogP contribution >= 0.6 is 0 Å². The summed E-state index contributed by atoms with van der Waals surface area (Å²) in [5.74, 6) is 0.898. The third-order valence-electron chi connectivity index (χ3n) is 9.18. The van der Waals surface area contributed by atoms with E-state index in [0.717, 1.165) is 38.8 Å². The van der Waals surface area contributed by atoms with Crippen LogP contribution in [0.15, 0.2) is 140 Å². The molecule has 44 heavy (non-hydrogen) atoms. The number of rotatable bonds is 8. The molecule has 1 N–H and O–H groups in total. The first-order chi connectivity index (χ1) is 21.1. The molecule has 0 bridgehead atoms. The molecule has 6 rings (SSSR count). The summed E-state index contributed by atoms with van der Waals surface area (Å²) in [7, 11) is -1.94. The van der Waals surface area contributed by atoms with Crippen LogP contribution in [-0.4, -0.2) is 23.0 Å². The van der Waals surface area contributed by atoms with Crippen molar-refractivity contribution < 1.29 is 9.53 Å². The lowest BCUT2D eigenvalue weighted by Gasteiger charge is -2.37. The lowest BCUT2D eigenvalue weighted by molar-refractivity contribution is 0.216. The molecule has 1 unspecified atom stereocenters. The molecule has 6 aromatic rings. The van der Waals surface area contributed by atoms with Crippen molar-refractivity contribution >= 4 is 19.1 Å². The zero-order valence-electron chi connectivity index (χ0n) is 26.1. The van der Waals surface area contributed by atoms with E-state index in [-0.39, 0.29) is 5.04 Å². The van der Waals surface area contributed by atoms with E-state index >= 15 is 0 Å². The van der Waals surface area contributed by atoms with Crippen molar-refractivity contribution in [1.29, 1.82) is 0 Å². The normalized spacial score (nSPS) is 13.1. The Hall–Kier alpha value is -4.45. The molecule has 0 aliphatic rings. The first kappa shape index (κ1) is 29.6. The van der Waals surface area contributed by atoms with Crippen LogP contribution in [0.3, 0.4) is 0 Å². The van der Waals surface area contributed by atoms with E-state index in [4.69, 9.17) is 9.41 Å². The summed E-state index contributed by atoms with van der Waals surface area (Å²) in [5, 5.41) is 13.9. The number of hydrogen-bond donors (Lipinski definition) is 1. The summed E-state index contributed by atoms with van der Waals surface area (Å²) in [5.41, 5.74) is 4.03. The van der Waals surface area contributed by atoms with E-state index in [1.165, 1.54) is 0 Å². The number of aliphatic hydroxyl groups excluding tert-OH is 1. The number of benzene rings is 5. The highest BCUT2D eigenvalue weighted by atomic mass is 28.4. The number of fused-ring (bicyclic) bond motifs is 1. The number of nitrogens with zero attached hydrogens (tertiary/aromatic N) is 2. The van der Waals surface area contributed by atoms with Gasteiger partial charge in [-0.3, -0.25) is 0 Å². The average Bonchev–Trinajstić information content (AvgIpc) is 3.52. The monoisotopic (exact) mass is 596 g/mol. The van der Waals surface area contributed by atoms with E-state index in [1.807, 2.05) is 48.9 Å². The molecule has 222 valence electrons. The lowest BCUT2D eigenvalue weighted by atomic mass is 9.77. The molecule has 0 aliphatic carbocycles. The largest absolute Gasteiger partial charge is 0.543 e. The predicted octanol–water partition coefficient (Wildman–Crippen LogP) is 9.34. The SMILES string of the molecule is CC(C)(C)[Si](C)(C)Oc1ccc2cc(C(O)c3cn(C(c4ccccc4)(c4ccccc4)c4ccccc4)cn3)ccc2c1. The third kappa shape index (κ3) is 5.38. The van der Waals surface area contributed by atoms with Crippen molar-refractivity contribution in [1.82, 2.24) is 9.55 Å². The summed E-state index contributed by atoms with van der Waals surface area (Å²) < 4.78 is 8.68. The summed E-state index contributed by atoms with van der Waals surface area (Å²) >= 11 is 0. The highest BCUT2D eigenvalue weighted by molar-refractivity contribution is 6.74. The fourth-order valence-electron chi connectivity index (χ4n) is 5.74. The fourth-order valence-corrected chi connectivity index (χ4v) is 6.76. The van der Waals surface area contributed by atoms with Gasteiger partial charge in [-0.2, -0.15) is 0 Å². The van der Waals surface area contributed by atoms with E-state index < -0.39 is 20.0 Å². The van der Waals surface area contributed by atoms with Gasteiger partial charge in [0.25, 0.3) is 0 Å². The van der Waals surface area contributed by atoms with Crippen LogP contribution in [-0.2, 0) is 5.54 Å². The van der Waals surface area contributed by atoms with Crippen molar-refractivity contribution in [2.24, 2.45) is 0 Å². The minimum atomic E-state index is -1.94. The van der Waals surface area contributed by atoms with Gasteiger partial charge in [-0.1, -0.05) is 130 Å². The second kappa shape index (κ2) is 11.6. The number of hydrogen-bond acceptors (Lipinski definition) is 3. The second-order valence-corrected chi connectivity index (χ2v) is 17.8. The van der Waals surface area contributed by atoms with Crippen LogP contribution < -0.4 is 4.43 Å². The van der Waals surface area contributed by atoms with Crippen molar-refractivity contribution in [2.45, 2.75) is 50.5 Å². The van der Waals surface area contributed by atoms with Crippen LogP contribution in [0.1, 0.15) is 54.8 Å². The first-order valence-electron chi connectivity index (χ1n) is 15.2. The molecule has 1 atom stereocenters. The Labute approximate surface area is 261 Å². The van der Waals surface area contributed by atoms with Crippen molar-refractivity contribution in [3.05, 3.63) is 168 Å². The molecule has 0 aliphatic heterocycles. The summed E-state index contributed by atoms with van der Waals surface area (Å²) in [6, 6.07) is 43.8. The summed E-state index contributed by atoms with van der Waals surface area (Å²) in [4.78, 5) is 4.79. The maximum absolute atomic E-state index is 11.6. The maximum atomic E-state index is 11.6. The van der Waals surface area contributed by atoms with E-state index in [9.17, 15) is 5.11 Å². The maximum Gasteiger partial charge on any atom is 0.250 e. The topological polar surface area (TPSA) is 47.3 Å². The molecule has 0 radical (unpaired) electrons. The molecule has 5 aromatic carbocycles. The Morgan fingerprint density at radius 1 is 0.682 bits per heavy atom. The highest BCUT2D eigenvalue weighted by Gasteiger charge is 2.40. The van der Waals surface area contributed by atoms with Gasteiger partial charge in [0.1, 0.15) is 17.4 Å². The Morgan fingerprint density at radius 3 is 1.70 bits per heavy atom. The minimum Gasteiger partial charge on any atom is -0.543 e. The quantitative estimate of drug-likeness (QED) is 0.141. The zero-order chi connectivity index (χ0) is 31.0. The number of aromatic nitrogens is 2. The lowest BCUT2D eigenvalue weighted by Crippen LogP contribution is -2.43. The van der Waals surface area contributed by atoms with Gasteiger partial charge < -0.3 is 14.1 Å². The second-order valence-electron chi connectivity index (χ2n) is 13.0. The molecule has 4 nitrogen and oxygen atoms in total. The Bertz CT molecular complexity index is 1760. The van der Waals surface area contributed by atoms with Gasteiger partial charge in [0, 0.05) is 6.20 Å². The van der Waals surface area contributed by atoms with Crippen LogP contribution in [0.5, 0.6) is 5.75 Å². The molecule has 5 heteroatoms. The molecule has 0 amide bonds. The third-order valence-corrected chi connectivity index (χ3v) is 13.5. The predicted molar refractivity (Wildman–Crippen MR) is 183 cm³/mol. The van der Waals surface area contributed by atoms with Gasteiger partial charge in [0.2, 0.25) is 8.32 Å². The van der Waals surface area contributed by atoms with E-state index in [1.54, 1.807) is 0 Å². The number of imidazole rings is 1. The van der Waals surface area contributed by atoms with Gasteiger partial charge in [-0.15, -0.1) is 0 Å². The summed E-state index contributed by atoms with van der Waals surface area (Å²) in [6.07, 6.45) is 2.94. The molecular weight excluding hydrogens is 557 g/mol. The molecule has 1 aromatic heterocycles. The zero-order valence-corrected chi connectivity index (χ0v) is 27.1. The first-order valence-corrected chi connectivity index (χ1v) is 18.1. The van der Waals surface area contributed by atoms with Gasteiger partial charge in [0.05, 0.1) is 12.0 Å². The molecule has 0 saturated heterocycles. The number of aliphatic hydroxyl groups is 1. The van der Waals surface area contributed by atoms with E-state index in [2.05, 4.69) is 129 Å². The van der Waals surface area contributed by atoms with Crippen LogP contribution in [0.2, 0.25) is 18.1 Å². The average molecular weight is 597 g/mol. The Balaban J connectivity index is 1.39. The summed E-state index contributed by atoms with van der Waals surface area (Å²) in [6.45, 7) is 11.3. The smallest absolute Gasteiger partial charge is 0.250 e. The van der Waals surface area contributed by atoms with Crippen molar-refractivity contribution in [2.75, 3.05) is 0 Å². The van der Waals surface area contributed by atoms with Gasteiger partial charge in [-0.05, 0) is 69.4 Å². The minimum absolute atomic E-state index is 0.123. The molecule has 1 heterocycles. The van der Waals surface area contributed by atoms with Crippen molar-refractivity contribution in [3.63, 3.8) is 0 Å². The van der Waals surface area contributed by atoms with Gasteiger partial charge in [0.15, 0.2) is 0 Å².